The number of carbonyl (C=O) groups is 3. The van der Waals surface area contributed by atoms with Crippen LogP contribution in [0.4, 0.5) is 11.4 Å². The predicted molar refractivity (Wildman–Crippen MR) is 103 cm³/mol. The van der Waals surface area contributed by atoms with Crippen LogP contribution in [0.1, 0.15) is 5.56 Å². The molecule has 1 saturated heterocycles. The molecule has 28 heavy (non-hydrogen) atoms. The smallest absolute Gasteiger partial charge is 0.263 e. The standard InChI is InChI=1S/C20H19N5O3/c1-13-8-10-15(11-9-13)25-19(27)17-18(20(25)28)24(22-21-17)12-16(26)23(2)14-6-4-3-5-7-14/h3-11,17-18H,12H2,1-2H3/t17-,18+/m1/s1. The van der Waals surface area contributed by atoms with E-state index < -0.39 is 23.9 Å². The molecular weight excluding hydrogens is 358 g/mol. The molecule has 0 aromatic heterocycles. The number of rotatable bonds is 4. The topological polar surface area (TPSA) is 85.7 Å². The van der Waals surface area contributed by atoms with Gasteiger partial charge in [-0.3, -0.25) is 19.4 Å². The van der Waals surface area contributed by atoms with E-state index in [0.717, 1.165) is 16.2 Å². The Morgan fingerprint density at radius 2 is 1.71 bits per heavy atom. The number of anilines is 2. The van der Waals surface area contributed by atoms with E-state index in [0.29, 0.717) is 5.69 Å². The normalized spacial score (nSPS) is 20.6. The Hall–Kier alpha value is -3.55. The number of benzene rings is 2. The van der Waals surface area contributed by atoms with Gasteiger partial charge in [-0.15, -0.1) is 0 Å². The zero-order valence-electron chi connectivity index (χ0n) is 15.5. The SMILES string of the molecule is Cc1ccc(N2C(=O)[C@@H]3[C@@H](N=NN3CC(=O)N(C)c3ccccc3)C2=O)cc1. The monoisotopic (exact) mass is 377 g/mol. The molecule has 0 bridgehead atoms. The van der Waals surface area contributed by atoms with E-state index in [9.17, 15) is 14.4 Å². The van der Waals surface area contributed by atoms with Crippen molar-refractivity contribution in [1.82, 2.24) is 5.01 Å². The Morgan fingerprint density at radius 1 is 1.04 bits per heavy atom. The van der Waals surface area contributed by atoms with Crippen LogP contribution in [0.2, 0.25) is 0 Å². The largest absolute Gasteiger partial charge is 0.314 e. The minimum absolute atomic E-state index is 0.142. The van der Waals surface area contributed by atoms with Gasteiger partial charge in [0.1, 0.15) is 6.54 Å². The van der Waals surface area contributed by atoms with Crippen LogP contribution in [0.3, 0.4) is 0 Å². The highest BCUT2D eigenvalue weighted by atomic mass is 16.2. The second-order valence-corrected chi connectivity index (χ2v) is 6.83. The van der Waals surface area contributed by atoms with Crippen molar-refractivity contribution in [3.63, 3.8) is 0 Å². The Kier molecular flexibility index (Phi) is 4.38. The van der Waals surface area contributed by atoms with Crippen molar-refractivity contribution < 1.29 is 14.4 Å². The lowest BCUT2D eigenvalue weighted by Crippen LogP contribution is -2.45. The van der Waals surface area contributed by atoms with Gasteiger partial charge in [0.2, 0.25) is 5.91 Å². The van der Waals surface area contributed by atoms with Crippen molar-refractivity contribution >= 4 is 29.1 Å². The molecule has 1 fully saturated rings. The fourth-order valence-corrected chi connectivity index (χ4v) is 3.34. The Balaban J connectivity index is 1.52. The van der Waals surface area contributed by atoms with Crippen LogP contribution in [0.25, 0.3) is 0 Å². The number of fused-ring (bicyclic) bond motifs is 1. The first-order chi connectivity index (χ1) is 13.5. The van der Waals surface area contributed by atoms with Crippen LogP contribution < -0.4 is 9.80 Å². The molecule has 8 heteroatoms. The molecule has 0 saturated carbocycles. The molecule has 2 heterocycles. The number of aryl methyl sites for hydroxylation is 1. The summed E-state index contributed by atoms with van der Waals surface area (Å²) >= 11 is 0. The molecule has 2 aliphatic rings. The predicted octanol–water partition coefficient (Wildman–Crippen LogP) is 1.95. The minimum Gasteiger partial charge on any atom is -0.314 e. The van der Waals surface area contributed by atoms with Crippen molar-refractivity contribution in [2.24, 2.45) is 10.3 Å². The summed E-state index contributed by atoms with van der Waals surface area (Å²) in [5.41, 5.74) is 2.26. The average Bonchev–Trinajstić information content (AvgIpc) is 3.23. The highest BCUT2D eigenvalue weighted by molar-refractivity contribution is 6.25. The number of imide groups is 1. The van der Waals surface area contributed by atoms with Crippen molar-refractivity contribution in [2.45, 2.75) is 19.0 Å². The fraction of sp³-hybridized carbons (Fsp3) is 0.250. The van der Waals surface area contributed by atoms with E-state index in [-0.39, 0.29) is 12.5 Å². The molecule has 0 unspecified atom stereocenters. The van der Waals surface area contributed by atoms with Gasteiger partial charge in [0.05, 0.1) is 5.69 Å². The third-order valence-corrected chi connectivity index (χ3v) is 4.96. The molecule has 8 nitrogen and oxygen atoms in total. The van der Waals surface area contributed by atoms with Gasteiger partial charge < -0.3 is 4.90 Å². The fourth-order valence-electron chi connectivity index (χ4n) is 3.34. The lowest BCUT2D eigenvalue weighted by molar-refractivity contribution is -0.124. The van der Waals surface area contributed by atoms with Gasteiger partial charge >= 0.3 is 0 Å². The maximum atomic E-state index is 12.9. The van der Waals surface area contributed by atoms with Gasteiger partial charge in [-0.1, -0.05) is 41.1 Å². The van der Waals surface area contributed by atoms with Crippen LogP contribution in [-0.2, 0) is 14.4 Å². The maximum Gasteiger partial charge on any atom is 0.263 e. The minimum atomic E-state index is -0.913. The first-order valence-electron chi connectivity index (χ1n) is 8.91. The number of hydrogen-bond acceptors (Lipinski definition) is 6. The lowest BCUT2D eigenvalue weighted by atomic mass is 10.1. The van der Waals surface area contributed by atoms with E-state index in [1.54, 1.807) is 19.2 Å². The second kappa shape index (κ2) is 6.88. The highest BCUT2D eigenvalue weighted by Gasteiger charge is 2.55. The molecule has 142 valence electrons. The van der Waals surface area contributed by atoms with Crippen LogP contribution in [0.5, 0.6) is 0 Å². The van der Waals surface area contributed by atoms with E-state index in [1.165, 1.54) is 9.91 Å². The van der Waals surface area contributed by atoms with Crippen LogP contribution in [0.15, 0.2) is 64.9 Å². The van der Waals surface area contributed by atoms with E-state index in [4.69, 9.17) is 0 Å². The zero-order chi connectivity index (χ0) is 19.8. The summed E-state index contributed by atoms with van der Waals surface area (Å²) in [5.74, 6) is -1.09. The van der Waals surface area contributed by atoms with Crippen molar-refractivity contribution in [1.29, 1.82) is 0 Å². The summed E-state index contributed by atoms with van der Waals surface area (Å²) in [6.07, 6.45) is 0. The molecule has 0 N–H and O–H groups in total. The molecule has 3 amide bonds. The molecule has 2 aromatic rings. The van der Waals surface area contributed by atoms with Crippen LogP contribution >= 0.6 is 0 Å². The summed E-state index contributed by atoms with van der Waals surface area (Å²) < 4.78 is 0. The Morgan fingerprint density at radius 3 is 2.39 bits per heavy atom. The van der Waals surface area contributed by atoms with Gasteiger partial charge in [-0.2, -0.15) is 5.11 Å². The van der Waals surface area contributed by atoms with Crippen molar-refractivity contribution in [3.05, 3.63) is 60.2 Å². The van der Waals surface area contributed by atoms with Gasteiger partial charge in [-0.05, 0) is 31.2 Å². The van der Waals surface area contributed by atoms with Gasteiger partial charge in [0, 0.05) is 12.7 Å². The molecule has 0 radical (unpaired) electrons. The molecule has 2 aromatic carbocycles. The van der Waals surface area contributed by atoms with E-state index in [1.807, 2.05) is 49.4 Å². The first-order valence-corrected chi connectivity index (χ1v) is 8.91. The number of amides is 3. The number of likely N-dealkylation sites (N-methyl/N-ethyl adjacent to an activating group) is 1. The zero-order valence-corrected chi connectivity index (χ0v) is 15.5. The molecule has 4 rings (SSSR count). The van der Waals surface area contributed by atoms with E-state index in [2.05, 4.69) is 10.3 Å². The highest BCUT2D eigenvalue weighted by Crippen LogP contribution is 2.32. The van der Waals surface area contributed by atoms with Gasteiger partial charge in [0.15, 0.2) is 12.1 Å². The molecule has 0 aliphatic carbocycles. The Labute approximate surface area is 162 Å². The summed E-state index contributed by atoms with van der Waals surface area (Å²) in [6.45, 7) is 1.79. The molecular formula is C20H19N5O3. The van der Waals surface area contributed by atoms with Crippen molar-refractivity contribution in [3.8, 4) is 0 Å². The first kappa shape index (κ1) is 17.8. The average molecular weight is 377 g/mol. The number of carbonyl (C=O) groups excluding carboxylic acids is 3. The van der Waals surface area contributed by atoms with E-state index >= 15 is 0 Å². The lowest BCUT2D eigenvalue weighted by Gasteiger charge is -2.23. The van der Waals surface area contributed by atoms with Crippen LogP contribution in [0, 0.1) is 6.92 Å². The second-order valence-electron chi connectivity index (χ2n) is 6.83. The number of nitrogens with zero attached hydrogens (tertiary/aromatic N) is 5. The maximum absolute atomic E-state index is 12.9. The molecule has 2 aliphatic heterocycles. The summed E-state index contributed by atoms with van der Waals surface area (Å²) in [7, 11) is 1.66. The number of para-hydroxylation sites is 1. The van der Waals surface area contributed by atoms with Gasteiger partial charge in [-0.25, -0.2) is 4.90 Å². The third kappa shape index (κ3) is 2.92. The third-order valence-electron chi connectivity index (χ3n) is 4.96. The summed E-state index contributed by atoms with van der Waals surface area (Å²) in [6, 6.07) is 14.5. The molecule has 2 atom stereocenters. The Bertz CT molecular complexity index is 958. The molecule has 0 spiro atoms. The van der Waals surface area contributed by atoms with Crippen LogP contribution in [-0.4, -0.2) is 48.4 Å². The quantitative estimate of drug-likeness (QED) is 0.762. The summed E-state index contributed by atoms with van der Waals surface area (Å²) in [5, 5.41) is 9.19. The van der Waals surface area contributed by atoms with Crippen molar-refractivity contribution in [2.75, 3.05) is 23.4 Å². The summed E-state index contributed by atoms with van der Waals surface area (Å²) in [4.78, 5) is 40.9. The number of hydrogen-bond donors (Lipinski definition) is 0. The van der Waals surface area contributed by atoms with Gasteiger partial charge in [0.25, 0.3) is 11.8 Å².